The number of carbonyl (C=O) groups is 1. The number of aldehydes is 1. The maximum Gasteiger partial charge on any atom is 0.123 e. The van der Waals surface area contributed by atoms with E-state index >= 15 is 0 Å². The Kier molecular flexibility index (Phi) is 1.95. The summed E-state index contributed by atoms with van der Waals surface area (Å²) >= 11 is 0. The van der Waals surface area contributed by atoms with Crippen molar-refractivity contribution in [2.75, 3.05) is 6.61 Å². The maximum absolute atomic E-state index is 10.8. The van der Waals surface area contributed by atoms with Crippen LogP contribution in [0.5, 0.6) is 0 Å². The molecule has 5 atom stereocenters. The van der Waals surface area contributed by atoms with Crippen molar-refractivity contribution in [2.24, 2.45) is 29.6 Å². The summed E-state index contributed by atoms with van der Waals surface area (Å²) in [6.45, 7) is 2.44. The average molecular weight is 168 g/mol. The highest BCUT2D eigenvalue weighted by atomic mass is 16.3. The molecule has 0 aromatic rings. The largest absolute Gasteiger partial charge is 0.396 e. The predicted molar refractivity (Wildman–Crippen MR) is 45.5 cm³/mol. The normalized spacial score (nSPS) is 51.3. The quantitative estimate of drug-likeness (QED) is 0.627. The number of hydrogen-bond acceptors (Lipinski definition) is 2. The summed E-state index contributed by atoms with van der Waals surface area (Å²) < 4.78 is 0. The minimum Gasteiger partial charge on any atom is -0.396 e. The van der Waals surface area contributed by atoms with E-state index in [-0.39, 0.29) is 18.4 Å². The first kappa shape index (κ1) is 8.24. The molecule has 1 N–H and O–H groups in total. The third-order valence-corrected chi connectivity index (χ3v) is 3.94. The highest BCUT2D eigenvalue weighted by molar-refractivity contribution is 5.56. The van der Waals surface area contributed by atoms with Gasteiger partial charge < -0.3 is 9.90 Å². The van der Waals surface area contributed by atoms with Gasteiger partial charge in [0.25, 0.3) is 0 Å². The minimum absolute atomic E-state index is 0.156. The number of rotatable bonds is 2. The van der Waals surface area contributed by atoms with Crippen molar-refractivity contribution in [2.45, 2.75) is 19.8 Å². The second-order valence-corrected chi connectivity index (χ2v) is 4.43. The average Bonchev–Trinajstić information content (AvgIpc) is 2.58. The fourth-order valence-electron chi connectivity index (χ4n) is 3.32. The van der Waals surface area contributed by atoms with Gasteiger partial charge in [-0.15, -0.1) is 0 Å². The van der Waals surface area contributed by atoms with E-state index in [9.17, 15) is 4.79 Å². The third kappa shape index (κ3) is 0.939. The fraction of sp³-hybridized carbons (Fsp3) is 0.900. The smallest absolute Gasteiger partial charge is 0.123 e. The van der Waals surface area contributed by atoms with Gasteiger partial charge in [0.2, 0.25) is 0 Å². The SMILES string of the molecule is CC1CC2CC1C(C=O)C2CO. The zero-order valence-corrected chi connectivity index (χ0v) is 7.44. The van der Waals surface area contributed by atoms with E-state index in [1.807, 2.05) is 0 Å². The Hall–Kier alpha value is -0.370. The van der Waals surface area contributed by atoms with Crippen LogP contribution >= 0.6 is 0 Å². The lowest BCUT2D eigenvalue weighted by Gasteiger charge is -2.29. The molecule has 2 nitrogen and oxygen atoms in total. The summed E-state index contributed by atoms with van der Waals surface area (Å²) in [7, 11) is 0. The van der Waals surface area contributed by atoms with Crippen LogP contribution in [-0.2, 0) is 4.79 Å². The molecule has 0 saturated heterocycles. The molecule has 0 spiro atoms. The lowest BCUT2D eigenvalue weighted by molar-refractivity contribution is -0.115. The first-order chi connectivity index (χ1) is 5.77. The topological polar surface area (TPSA) is 37.3 Å². The molecule has 2 heteroatoms. The zero-order chi connectivity index (χ0) is 8.72. The molecule has 2 bridgehead atoms. The van der Waals surface area contributed by atoms with E-state index in [1.165, 1.54) is 12.8 Å². The first-order valence-corrected chi connectivity index (χ1v) is 4.84. The molecular weight excluding hydrogens is 152 g/mol. The lowest BCUT2D eigenvalue weighted by Crippen LogP contribution is -2.30. The van der Waals surface area contributed by atoms with E-state index in [0.29, 0.717) is 17.8 Å². The molecule has 0 amide bonds. The highest BCUT2D eigenvalue weighted by Gasteiger charge is 2.50. The summed E-state index contributed by atoms with van der Waals surface area (Å²) in [5.74, 6) is 2.34. The van der Waals surface area contributed by atoms with Gasteiger partial charge in [0, 0.05) is 12.5 Å². The van der Waals surface area contributed by atoms with Crippen LogP contribution in [0, 0.1) is 29.6 Å². The summed E-state index contributed by atoms with van der Waals surface area (Å²) in [6.07, 6.45) is 3.47. The molecule has 0 aromatic heterocycles. The van der Waals surface area contributed by atoms with E-state index in [4.69, 9.17) is 5.11 Å². The summed E-state index contributed by atoms with van der Waals surface area (Å²) in [4.78, 5) is 10.8. The van der Waals surface area contributed by atoms with Crippen LogP contribution in [0.4, 0.5) is 0 Å². The van der Waals surface area contributed by atoms with Crippen molar-refractivity contribution in [3.05, 3.63) is 0 Å². The van der Waals surface area contributed by atoms with Crippen LogP contribution in [0.3, 0.4) is 0 Å². The number of carbonyl (C=O) groups excluding carboxylic acids is 1. The van der Waals surface area contributed by atoms with E-state index in [2.05, 4.69) is 6.92 Å². The standard InChI is InChI=1S/C10H16O2/c1-6-2-7-3-8(6)10(5-12)9(7)4-11/h5-11H,2-4H2,1H3. The molecular formula is C10H16O2. The molecule has 0 radical (unpaired) electrons. The van der Waals surface area contributed by atoms with Crippen molar-refractivity contribution in [3.63, 3.8) is 0 Å². The Morgan fingerprint density at radius 2 is 2.25 bits per heavy atom. The monoisotopic (exact) mass is 168 g/mol. The van der Waals surface area contributed by atoms with Gasteiger partial charge >= 0.3 is 0 Å². The molecule has 2 fully saturated rings. The van der Waals surface area contributed by atoms with Crippen LogP contribution in [0.2, 0.25) is 0 Å². The Morgan fingerprint density at radius 1 is 1.50 bits per heavy atom. The van der Waals surface area contributed by atoms with Gasteiger partial charge in [-0.3, -0.25) is 0 Å². The second-order valence-electron chi connectivity index (χ2n) is 4.43. The number of hydrogen-bond donors (Lipinski definition) is 1. The number of aliphatic hydroxyl groups excluding tert-OH is 1. The molecule has 12 heavy (non-hydrogen) atoms. The van der Waals surface area contributed by atoms with Crippen molar-refractivity contribution in [1.82, 2.24) is 0 Å². The summed E-state index contributed by atoms with van der Waals surface area (Å²) in [5, 5.41) is 9.12. The molecule has 2 rings (SSSR count). The maximum atomic E-state index is 10.8. The Labute approximate surface area is 73.0 Å². The molecule has 5 unspecified atom stereocenters. The number of fused-ring (bicyclic) bond motifs is 2. The fourth-order valence-corrected chi connectivity index (χ4v) is 3.32. The van der Waals surface area contributed by atoms with Crippen LogP contribution < -0.4 is 0 Å². The van der Waals surface area contributed by atoms with Gasteiger partial charge in [-0.1, -0.05) is 6.92 Å². The predicted octanol–water partition coefficient (Wildman–Crippen LogP) is 1.09. The molecule has 2 saturated carbocycles. The van der Waals surface area contributed by atoms with E-state index < -0.39 is 0 Å². The summed E-state index contributed by atoms with van der Waals surface area (Å²) in [6, 6.07) is 0. The van der Waals surface area contributed by atoms with Gasteiger partial charge in [0.15, 0.2) is 0 Å². The molecule has 0 aliphatic heterocycles. The third-order valence-electron chi connectivity index (χ3n) is 3.94. The Balaban J connectivity index is 2.16. The Bertz CT molecular complexity index is 188. The highest BCUT2D eigenvalue weighted by Crippen LogP contribution is 2.54. The molecule has 0 heterocycles. The molecule has 68 valence electrons. The van der Waals surface area contributed by atoms with E-state index in [0.717, 1.165) is 6.29 Å². The lowest BCUT2D eigenvalue weighted by atomic mass is 9.76. The number of aliphatic hydroxyl groups is 1. The summed E-state index contributed by atoms with van der Waals surface area (Å²) in [5.41, 5.74) is 0. The molecule has 0 aromatic carbocycles. The molecule has 2 aliphatic carbocycles. The van der Waals surface area contributed by atoms with Gasteiger partial charge in [-0.05, 0) is 36.5 Å². The van der Waals surface area contributed by atoms with Crippen molar-refractivity contribution in [1.29, 1.82) is 0 Å². The Morgan fingerprint density at radius 3 is 2.83 bits per heavy atom. The van der Waals surface area contributed by atoms with Crippen molar-refractivity contribution >= 4 is 6.29 Å². The van der Waals surface area contributed by atoms with Gasteiger partial charge in [0.1, 0.15) is 6.29 Å². The van der Waals surface area contributed by atoms with Crippen molar-refractivity contribution < 1.29 is 9.90 Å². The van der Waals surface area contributed by atoms with Gasteiger partial charge in [-0.2, -0.15) is 0 Å². The van der Waals surface area contributed by atoms with Crippen LogP contribution in [0.25, 0.3) is 0 Å². The van der Waals surface area contributed by atoms with Crippen LogP contribution in [-0.4, -0.2) is 18.0 Å². The van der Waals surface area contributed by atoms with Gasteiger partial charge in [0.05, 0.1) is 0 Å². The first-order valence-electron chi connectivity index (χ1n) is 4.84. The van der Waals surface area contributed by atoms with E-state index in [1.54, 1.807) is 0 Å². The zero-order valence-electron chi connectivity index (χ0n) is 7.44. The van der Waals surface area contributed by atoms with Crippen LogP contribution in [0.1, 0.15) is 19.8 Å². The van der Waals surface area contributed by atoms with Crippen molar-refractivity contribution in [3.8, 4) is 0 Å². The molecule has 2 aliphatic rings. The van der Waals surface area contributed by atoms with Gasteiger partial charge in [-0.25, -0.2) is 0 Å². The van der Waals surface area contributed by atoms with Crippen LogP contribution in [0.15, 0.2) is 0 Å². The minimum atomic E-state index is 0.156. The second kappa shape index (κ2) is 2.84.